The maximum atomic E-state index is 13.8. The molecule has 33 heavy (non-hydrogen) atoms. The van der Waals surface area contributed by atoms with Gasteiger partial charge in [-0.15, -0.1) is 0 Å². The number of likely N-dealkylation sites (N-methyl/N-ethyl adjacent to an activating group) is 1. The van der Waals surface area contributed by atoms with Crippen LogP contribution in [0.2, 0.25) is 0 Å². The normalized spacial score (nSPS) is 17.9. The Bertz CT molecular complexity index is 1210. The summed E-state index contributed by atoms with van der Waals surface area (Å²) in [4.78, 5) is 27.2. The van der Waals surface area contributed by atoms with E-state index in [1.54, 1.807) is 45.0 Å². The van der Waals surface area contributed by atoms with Gasteiger partial charge in [-0.05, 0) is 51.1 Å². The molecule has 0 fully saturated rings. The van der Waals surface area contributed by atoms with E-state index < -0.39 is 26.3 Å². The van der Waals surface area contributed by atoms with Crippen molar-refractivity contribution >= 4 is 27.5 Å². The molecule has 3 rings (SSSR count). The second-order valence-corrected chi connectivity index (χ2v) is 11.1. The second kappa shape index (κ2) is 8.84. The Kier molecular flexibility index (Phi) is 6.49. The Balaban J connectivity index is 2.12. The van der Waals surface area contributed by atoms with E-state index in [-0.39, 0.29) is 24.7 Å². The first-order valence-corrected chi connectivity index (χ1v) is 11.7. The number of carbonyl (C=O) groups is 2. The lowest BCUT2D eigenvalue weighted by molar-refractivity contribution is -0.134. The molecule has 0 aromatic heterocycles. The molecule has 1 atom stereocenters. The molecule has 10 heteroatoms. The van der Waals surface area contributed by atoms with E-state index in [0.717, 1.165) is 0 Å². The fourth-order valence-electron chi connectivity index (χ4n) is 3.39. The first-order chi connectivity index (χ1) is 15.4. The molecule has 0 radical (unpaired) electrons. The number of para-hydroxylation sites is 1. The highest BCUT2D eigenvalue weighted by molar-refractivity contribution is 7.90. The van der Waals surface area contributed by atoms with Gasteiger partial charge in [-0.25, -0.2) is 13.1 Å². The summed E-state index contributed by atoms with van der Waals surface area (Å²) in [7, 11) is -2.36. The van der Waals surface area contributed by atoms with Gasteiger partial charge in [0, 0.05) is 12.6 Å². The van der Waals surface area contributed by atoms with Gasteiger partial charge in [-0.2, -0.15) is 5.26 Å². The molecule has 0 bridgehead atoms. The number of amides is 2. The van der Waals surface area contributed by atoms with Crippen LogP contribution in [0.15, 0.2) is 48.5 Å². The lowest BCUT2D eigenvalue weighted by Gasteiger charge is -2.31. The lowest BCUT2D eigenvalue weighted by Crippen LogP contribution is -2.54. The molecule has 0 spiro atoms. The Labute approximate surface area is 193 Å². The molecule has 0 saturated carbocycles. The maximum absolute atomic E-state index is 13.8. The number of rotatable bonds is 7. The Hall–Kier alpha value is -3.42. The zero-order valence-corrected chi connectivity index (χ0v) is 19.7. The van der Waals surface area contributed by atoms with Gasteiger partial charge in [-0.1, -0.05) is 18.2 Å². The molecular formula is C23H26N4O5S. The predicted octanol–water partition coefficient (Wildman–Crippen LogP) is 1.64. The first-order valence-electron chi connectivity index (χ1n) is 10.3. The van der Waals surface area contributed by atoms with Crippen LogP contribution in [-0.2, 0) is 25.2 Å². The van der Waals surface area contributed by atoms with Crippen LogP contribution in [0.1, 0.15) is 31.9 Å². The number of hydrogen-bond acceptors (Lipinski definition) is 6. The van der Waals surface area contributed by atoms with Crippen molar-refractivity contribution < 1.29 is 22.7 Å². The number of nitriles is 1. The highest BCUT2D eigenvalue weighted by atomic mass is 32.2. The highest BCUT2D eigenvalue weighted by Crippen LogP contribution is 2.43. The summed E-state index contributed by atoms with van der Waals surface area (Å²) < 4.78 is 33.2. The van der Waals surface area contributed by atoms with Gasteiger partial charge in [0.1, 0.15) is 12.3 Å². The standard InChI is InChI=1S/C23H26N4O5S/c1-22(2,3)33(30,31)26-15-23(32-17-11-9-16(13-24)10-12-17)18-7-5-6-8-19(18)27(21(23)29)14-20(28)25-4/h5-12,26H,14-15H2,1-4H3,(H,25,28)/t23-/m1/s1. The quantitative estimate of drug-likeness (QED) is 0.633. The number of hydrogen-bond donors (Lipinski definition) is 2. The molecule has 1 aliphatic rings. The zero-order chi connectivity index (χ0) is 24.4. The molecule has 0 aliphatic carbocycles. The fraction of sp³-hybridized carbons (Fsp3) is 0.348. The molecule has 2 N–H and O–H groups in total. The average molecular weight is 471 g/mol. The highest BCUT2D eigenvalue weighted by Gasteiger charge is 2.54. The zero-order valence-electron chi connectivity index (χ0n) is 18.9. The SMILES string of the molecule is CNC(=O)CN1C(=O)[C@](CNS(=O)(=O)C(C)(C)C)(Oc2ccc(C#N)cc2)c2ccccc21. The maximum Gasteiger partial charge on any atom is 0.277 e. The van der Waals surface area contributed by atoms with Gasteiger partial charge in [0.15, 0.2) is 0 Å². The third-order valence-electron chi connectivity index (χ3n) is 5.39. The van der Waals surface area contributed by atoms with Gasteiger partial charge in [-0.3, -0.25) is 14.5 Å². The summed E-state index contributed by atoms with van der Waals surface area (Å²) in [5.74, 6) is -0.690. The van der Waals surface area contributed by atoms with Crippen molar-refractivity contribution in [1.82, 2.24) is 10.0 Å². The van der Waals surface area contributed by atoms with Gasteiger partial charge in [0.2, 0.25) is 21.5 Å². The number of carbonyl (C=O) groups excluding carboxylic acids is 2. The lowest BCUT2D eigenvalue weighted by atomic mass is 9.95. The van der Waals surface area contributed by atoms with Crippen molar-refractivity contribution in [3.05, 3.63) is 59.7 Å². The van der Waals surface area contributed by atoms with Crippen LogP contribution in [0.25, 0.3) is 0 Å². The van der Waals surface area contributed by atoms with E-state index in [0.29, 0.717) is 16.8 Å². The van der Waals surface area contributed by atoms with Gasteiger partial charge < -0.3 is 10.1 Å². The number of sulfonamides is 1. The Morgan fingerprint density at radius 3 is 2.36 bits per heavy atom. The van der Waals surface area contributed by atoms with Gasteiger partial charge in [0.05, 0.1) is 28.6 Å². The molecule has 0 saturated heterocycles. The number of fused-ring (bicyclic) bond motifs is 1. The number of nitrogens with one attached hydrogen (secondary N) is 2. The molecule has 0 unspecified atom stereocenters. The third-order valence-corrected chi connectivity index (χ3v) is 7.53. The smallest absolute Gasteiger partial charge is 0.277 e. The first kappa shape index (κ1) is 24.2. The van der Waals surface area contributed by atoms with E-state index in [4.69, 9.17) is 10.00 Å². The van der Waals surface area contributed by atoms with Crippen molar-refractivity contribution in [3.8, 4) is 11.8 Å². The Morgan fingerprint density at radius 2 is 1.79 bits per heavy atom. The minimum absolute atomic E-state index is 0.253. The fourth-order valence-corrected chi connectivity index (χ4v) is 4.22. The number of ether oxygens (including phenoxy) is 1. The minimum Gasteiger partial charge on any atom is -0.471 e. The Morgan fingerprint density at radius 1 is 1.15 bits per heavy atom. The molecule has 2 aromatic rings. The van der Waals surface area contributed by atoms with E-state index in [1.807, 2.05) is 6.07 Å². The summed E-state index contributed by atoms with van der Waals surface area (Å²) >= 11 is 0. The molecule has 174 valence electrons. The van der Waals surface area contributed by atoms with E-state index >= 15 is 0 Å². The summed E-state index contributed by atoms with van der Waals surface area (Å²) in [6.45, 7) is 4.01. The van der Waals surface area contributed by atoms with Crippen LogP contribution in [0.4, 0.5) is 5.69 Å². The van der Waals surface area contributed by atoms with Crippen molar-refractivity contribution in [3.63, 3.8) is 0 Å². The minimum atomic E-state index is -3.82. The van der Waals surface area contributed by atoms with Crippen LogP contribution in [0, 0.1) is 11.3 Å². The molecule has 2 amide bonds. The van der Waals surface area contributed by atoms with Crippen LogP contribution < -0.4 is 19.7 Å². The van der Waals surface area contributed by atoms with Crippen LogP contribution in [0.3, 0.4) is 0 Å². The number of benzene rings is 2. The van der Waals surface area contributed by atoms with Gasteiger partial charge >= 0.3 is 0 Å². The number of anilines is 1. The summed E-state index contributed by atoms with van der Waals surface area (Å²) in [5.41, 5.74) is -0.462. The van der Waals surface area contributed by atoms with Gasteiger partial charge in [0.25, 0.3) is 5.91 Å². The summed E-state index contributed by atoms with van der Waals surface area (Å²) in [6.07, 6.45) is 0. The average Bonchev–Trinajstić information content (AvgIpc) is 3.00. The predicted molar refractivity (Wildman–Crippen MR) is 123 cm³/mol. The largest absolute Gasteiger partial charge is 0.471 e. The monoisotopic (exact) mass is 470 g/mol. The van der Waals surface area contributed by atoms with Crippen molar-refractivity contribution in [2.75, 3.05) is 25.0 Å². The number of nitrogens with zero attached hydrogens (tertiary/aromatic N) is 2. The summed E-state index contributed by atoms with van der Waals surface area (Å²) in [6, 6.07) is 14.9. The molecule has 1 aliphatic heterocycles. The van der Waals surface area contributed by atoms with E-state index in [2.05, 4.69) is 10.0 Å². The van der Waals surface area contributed by atoms with Crippen molar-refractivity contribution in [1.29, 1.82) is 5.26 Å². The molecular weight excluding hydrogens is 444 g/mol. The topological polar surface area (TPSA) is 129 Å². The van der Waals surface area contributed by atoms with Crippen molar-refractivity contribution in [2.24, 2.45) is 0 Å². The van der Waals surface area contributed by atoms with E-state index in [9.17, 15) is 18.0 Å². The summed E-state index contributed by atoms with van der Waals surface area (Å²) in [5, 5.41) is 11.6. The molecule has 2 aromatic carbocycles. The van der Waals surface area contributed by atoms with E-state index in [1.165, 1.54) is 36.2 Å². The van der Waals surface area contributed by atoms with Crippen LogP contribution in [-0.4, -0.2) is 45.1 Å². The van der Waals surface area contributed by atoms with Crippen LogP contribution in [0.5, 0.6) is 5.75 Å². The van der Waals surface area contributed by atoms with Crippen LogP contribution >= 0.6 is 0 Å². The second-order valence-electron chi connectivity index (χ2n) is 8.58. The molecule has 9 nitrogen and oxygen atoms in total. The molecule has 1 heterocycles. The van der Waals surface area contributed by atoms with Crippen molar-refractivity contribution in [2.45, 2.75) is 31.1 Å². The third kappa shape index (κ3) is 4.55.